The number of hydrogen-bond donors (Lipinski definition) is 0. The number of benzene rings is 2. The molecule has 2 aromatic carbocycles. The quantitative estimate of drug-likeness (QED) is 0.106. The summed E-state index contributed by atoms with van der Waals surface area (Å²) < 4.78 is 68.3. The molecule has 2 atom stereocenters. The lowest BCUT2D eigenvalue weighted by Crippen LogP contribution is -2.56. The standard InChI is InChI=1S/C28H33F4N3O3Si/c1-39(2,3)11-10-37-16-34-15-33-22-12-18(6-7-23(22)34)35-27(25(28(35)36)17-4-5-17)26-20(29)13-19(14-21(26)30)38-9-8-24(31)32/h6-7,12-15,17,24-25,27H,4-5,8-11,16H2,1-3H3. The molecule has 2 aliphatic rings. The van der Waals surface area contributed by atoms with Gasteiger partial charge in [0.15, 0.2) is 0 Å². The predicted octanol–water partition coefficient (Wildman–Crippen LogP) is 6.77. The van der Waals surface area contributed by atoms with Crippen molar-refractivity contribution >= 4 is 30.7 Å². The summed E-state index contributed by atoms with van der Waals surface area (Å²) in [6.45, 7) is 7.55. The number of β-lactam (4-membered cyclic amide) rings is 1. The maximum absolute atomic E-state index is 15.3. The van der Waals surface area contributed by atoms with Gasteiger partial charge in [0.1, 0.15) is 24.1 Å². The number of ether oxygens (including phenoxy) is 2. The van der Waals surface area contributed by atoms with E-state index in [0.29, 0.717) is 24.5 Å². The number of amides is 1. The predicted molar refractivity (Wildman–Crippen MR) is 143 cm³/mol. The molecular weight excluding hydrogens is 530 g/mol. The molecule has 0 spiro atoms. The van der Waals surface area contributed by atoms with Crippen molar-refractivity contribution in [2.75, 3.05) is 18.1 Å². The molecule has 1 aliphatic carbocycles. The first kappa shape index (κ1) is 27.6. The minimum atomic E-state index is -2.57. The Kier molecular flexibility index (Phi) is 7.74. The highest BCUT2D eigenvalue weighted by molar-refractivity contribution is 6.76. The van der Waals surface area contributed by atoms with Crippen LogP contribution in [-0.2, 0) is 16.3 Å². The van der Waals surface area contributed by atoms with Crippen LogP contribution in [-0.4, -0.2) is 43.2 Å². The highest BCUT2D eigenvalue weighted by Crippen LogP contribution is 2.55. The molecule has 0 N–H and O–H groups in total. The summed E-state index contributed by atoms with van der Waals surface area (Å²) >= 11 is 0. The third-order valence-electron chi connectivity index (χ3n) is 7.33. The number of carbonyl (C=O) groups excluding carboxylic acids is 1. The van der Waals surface area contributed by atoms with Gasteiger partial charge in [0, 0.05) is 44.5 Å². The summed E-state index contributed by atoms with van der Waals surface area (Å²) in [6, 6.07) is 7.59. The highest BCUT2D eigenvalue weighted by atomic mass is 28.3. The lowest BCUT2D eigenvalue weighted by atomic mass is 9.78. The second kappa shape index (κ2) is 10.9. The normalized spacial score (nSPS) is 19.7. The first-order chi connectivity index (χ1) is 18.5. The Hall–Kier alpha value is -2.92. The molecule has 0 bridgehead atoms. The zero-order valence-electron chi connectivity index (χ0n) is 22.3. The maximum atomic E-state index is 15.3. The molecule has 1 saturated heterocycles. The molecule has 2 unspecified atom stereocenters. The Morgan fingerprint density at radius 1 is 1.08 bits per heavy atom. The van der Waals surface area contributed by atoms with Gasteiger partial charge in [-0.1, -0.05) is 19.6 Å². The van der Waals surface area contributed by atoms with E-state index in [-0.39, 0.29) is 29.7 Å². The van der Waals surface area contributed by atoms with Crippen molar-refractivity contribution in [3.63, 3.8) is 0 Å². The number of imidazole rings is 1. The molecule has 11 heteroatoms. The number of carbonyl (C=O) groups is 1. The lowest BCUT2D eigenvalue weighted by molar-refractivity contribution is -0.131. The molecule has 2 fully saturated rings. The fourth-order valence-corrected chi connectivity index (χ4v) is 5.82. The van der Waals surface area contributed by atoms with E-state index in [4.69, 9.17) is 9.47 Å². The lowest BCUT2D eigenvalue weighted by Gasteiger charge is -2.48. The van der Waals surface area contributed by atoms with E-state index < -0.39 is 44.5 Å². The van der Waals surface area contributed by atoms with Crippen LogP contribution in [0.5, 0.6) is 5.75 Å². The van der Waals surface area contributed by atoms with Crippen LogP contribution in [0.15, 0.2) is 36.7 Å². The van der Waals surface area contributed by atoms with E-state index in [2.05, 4.69) is 24.6 Å². The van der Waals surface area contributed by atoms with Crippen LogP contribution in [0.1, 0.15) is 30.9 Å². The zero-order chi connectivity index (χ0) is 27.9. The van der Waals surface area contributed by atoms with Crippen LogP contribution >= 0.6 is 0 Å². The third-order valence-corrected chi connectivity index (χ3v) is 9.04. The van der Waals surface area contributed by atoms with Crippen molar-refractivity contribution < 1.29 is 31.8 Å². The Balaban J connectivity index is 1.38. The van der Waals surface area contributed by atoms with Gasteiger partial charge in [-0.2, -0.15) is 0 Å². The number of anilines is 1. The van der Waals surface area contributed by atoms with Gasteiger partial charge in [-0.3, -0.25) is 4.79 Å². The fraction of sp³-hybridized carbons (Fsp3) is 0.500. The molecule has 39 heavy (non-hydrogen) atoms. The Morgan fingerprint density at radius 2 is 1.79 bits per heavy atom. The second-order valence-corrected chi connectivity index (χ2v) is 17.2. The van der Waals surface area contributed by atoms with Crippen molar-refractivity contribution in [2.24, 2.45) is 11.8 Å². The maximum Gasteiger partial charge on any atom is 0.241 e. The Labute approximate surface area is 225 Å². The molecule has 210 valence electrons. The average molecular weight is 564 g/mol. The van der Waals surface area contributed by atoms with E-state index in [1.165, 1.54) is 4.90 Å². The number of aromatic nitrogens is 2. The Morgan fingerprint density at radius 3 is 2.44 bits per heavy atom. The minimum Gasteiger partial charge on any atom is -0.493 e. The van der Waals surface area contributed by atoms with Gasteiger partial charge < -0.3 is 18.9 Å². The molecule has 1 amide bonds. The van der Waals surface area contributed by atoms with E-state index in [0.717, 1.165) is 36.5 Å². The smallest absolute Gasteiger partial charge is 0.241 e. The van der Waals surface area contributed by atoms with Gasteiger partial charge in [0.2, 0.25) is 12.3 Å². The molecule has 6 nitrogen and oxygen atoms in total. The number of rotatable bonds is 12. The average Bonchev–Trinajstić information content (AvgIpc) is 3.58. The molecule has 3 aromatic rings. The summed E-state index contributed by atoms with van der Waals surface area (Å²) in [5, 5.41) is 0. The van der Waals surface area contributed by atoms with Gasteiger partial charge in [0.25, 0.3) is 0 Å². The van der Waals surface area contributed by atoms with E-state index in [9.17, 15) is 13.6 Å². The summed E-state index contributed by atoms with van der Waals surface area (Å²) in [5.74, 6) is -2.50. The van der Waals surface area contributed by atoms with Gasteiger partial charge in [-0.15, -0.1) is 0 Å². The fourth-order valence-electron chi connectivity index (χ4n) is 5.06. The van der Waals surface area contributed by atoms with Gasteiger partial charge >= 0.3 is 0 Å². The minimum absolute atomic E-state index is 0.0794. The van der Waals surface area contributed by atoms with Crippen molar-refractivity contribution in [1.29, 1.82) is 0 Å². The monoisotopic (exact) mass is 563 g/mol. The second-order valence-electron chi connectivity index (χ2n) is 11.6. The SMILES string of the molecule is C[Si](C)(C)CCOCn1cnc2cc(N3C(=O)C(C4CC4)C3c3c(F)cc(OCCC(F)F)cc3F)ccc21. The van der Waals surface area contributed by atoms with Crippen molar-refractivity contribution in [3.8, 4) is 5.75 Å². The molecule has 5 rings (SSSR count). The largest absolute Gasteiger partial charge is 0.493 e. The molecule has 1 aromatic heterocycles. The number of hydrogen-bond acceptors (Lipinski definition) is 4. The molecule has 1 saturated carbocycles. The first-order valence-corrected chi connectivity index (χ1v) is 17.0. The van der Waals surface area contributed by atoms with Crippen LogP contribution in [0.4, 0.5) is 23.2 Å². The van der Waals surface area contributed by atoms with Gasteiger partial charge in [0.05, 0.1) is 35.9 Å². The van der Waals surface area contributed by atoms with Gasteiger partial charge in [-0.05, 0) is 43.0 Å². The number of fused-ring (bicyclic) bond motifs is 1. The summed E-state index contributed by atoms with van der Waals surface area (Å²) in [4.78, 5) is 19.2. The van der Waals surface area contributed by atoms with E-state index in [1.807, 2.05) is 10.6 Å². The van der Waals surface area contributed by atoms with E-state index >= 15 is 8.78 Å². The molecule has 1 aliphatic heterocycles. The molecule has 0 radical (unpaired) electrons. The van der Waals surface area contributed by atoms with Crippen LogP contribution in [0.2, 0.25) is 25.7 Å². The Bertz CT molecular complexity index is 1330. The summed E-state index contributed by atoms with van der Waals surface area (Å²) in [6.07, 6.45) is 0.235. The molecular formula is C28H33F4N3O3Si. The summed E-state index contributed by atoms with van der Waals surface area (Å²) in [7, 11) is -1.20. The highest BCUT2D eigenvalue weighted by Gasteiger charge is 2.56. The molecule has 2 heterocycles. The summed E-state index contributed by atoms with van der Waals surface area (Å²) in [5.41, 5.74) is 1.77. The number of nitrogens with zero attached hydrogens (tertiary/aromatic N) is 3. The van der Waals surface area contributed by atoms with Crippen molar-refractivity contribution in [2.45, 2.75) is 64.1 Å². The van der Waals surface area contributed by atoms with Crippen LogP contribution < -0.4 is 9.64 Å². The van der Waals surface area contributed by atoms with Crippen LogP contribution in [0.25, 0.3) is 11.0 Å². The van der Waals surface area contributed by atoms with Crippen molar-refractivity contribution in [1.82, 2.24) is 9.55 Å². The van der Waals surface area contributed by atoms with Crippen LogP contribution in [0.3, 0.4) is 0 Å². The third kappa shape index (κ3) is 5.98. The van der Waals surface area contributed by atoms with Crippen LogP contribution in [0, 0.1) is 23.5 Å². The van der Waals surface area contributed by atoms with Crippen molar-refractivity contribution in [3.05, 3.63) is 53.9 Å². The topological polar surface area (TPSA) is 56.6 Å². The first-order valence-electron chi connectivity index (χ1n) is 13.3. The number of alkyl halides is 2. The zero-order valence-corrected chi connectivity index (χ0v) is 23.3. The number of halogens is 4. The van der Waals surface area contributed by atoms with E-state index in [1.54, 1.807) is 18.5 Å². The van der Waals surface area contributed by atoms with Gasteiger partial charge in [-0.25, -0.2) is 22.5 Å².